The second kappa shape index (κ2) is 5.83. The van der Waals surface area contributed by atoms with Crippen LogP contribution in [0.3, 0.4) is 0 Å². The van der Waals surface area contributed by atoms with Gasteiger partial charge in [-0.2, -0.15) is 0 Å². The van der Waals surface area contributed by atoms with E-state index in [0.717, 1.165) is 31.7 Å². The van der Waals surface area contributed by atoms with Crippen LogP contribution in [0.4, 0.5) is 13.2 Å². The van der Waals surface area contributed by atoms with Gasteiger partial charge in [0.1, 0.15) is 0 Å². The summed E-state index contributed by atoms with van der Waals surface area (Å²) >= 11 is 0. The Bertz CT molecular complexity index is 513. The van der Waals surface area contributed by atoms with E-state index < -0.39 is 28.9 Å². The molecule has 0 unspecified atom stereocenters. The van der Waals surface area contributed by atoms with Crippen LogP contribution in [0.1, 0.15) is 36.0 Å². The van der Waals surface area contributed by atoms with Crippen LogP contribution in [0.25, 0.3) is 0 Å². The van der Waals surface area contributed by atoms with Gasteiger partial charge < -0.3 is 10.4 Å². The molecule has 1 aliphatic carbocycles. The molecule has 0 bridgehead atoms. The third-order valence-corrected chi connectivity index (χ3v) is 3.90. The second-order valence-electron chi connectivity index (χ2n) is 5.27. The van der Waals surface area contributed by atoms with Crippen LogP contribution in [0, 0.1) is 22.9 Å². The Labute approximate surface area is 114 Å². The van der Waals surface area contributed by atoms with Gasteiger partial charge >= 0.3 is 0 Å². The molecule has 0 atom stereocenters. The van der Waals surface area contributed by atoms with Gasteiger partial charge in [0.05, 0.1) is 12.2 Å². The molecule has 2 N–H and O–H groups in total. The van der Waals surface area contributed by atoms with Crippen molar-refractivity contribution in [2.75, 3.05) is 13.2 Å². The van der Waals surface area contributed by atoms with Gasteiger partial charge in [-0.05, 0) is 25.0 Å². The Morgan fingerprint density at radius 3 is 2.45 bits per heavy atom. The molecule has 1 amide bonds. The van der Waals surface area contributed by atoms with Gasteiger partial charge in [-0.25, -0.2) is 13.2 Å². The summed E-state index contributed by atoms with van der Waals surface area (Å²) in [5.41, 5.74) is -0.917. The molecule has 0 spiro atoms. The molecule has 0 saturated heterocycles. The average molecular weight is 287 g/mol. The lowest BCUT2D eigenvalue weighted by Crippen LogP contribution is -2.38. The summed E-state index contributed by atoms with van der Waals surface area (Å²) in [7, 11) is 0. The van der Waals surface area contributed by atoms with Crippen molar-refractivity contribution in [3.8, 4) is 0 Å². The van der Waals surface area contributed by atoms with E-state index in [9.17, 15) is 23.1 Å². The standard InChI is InChI=1S/C14H16F3NO2/c15-10-4-3-9(11(16)12(10)17)13(20)18-7-14(8-19)5-1-2-6-14/h3-4,19H,1-2,5-8H2,(H,18,20). The zero-order valence-electron chi connectivity index (χ0n) is 10.9. The summed E-state index contributed by atoms with van der Waals surface area (Å²) in [5, 5.41) is 11.9. The number of hydrogen-bond acceptors (Lipinski definition) is 2. The lowest BCUT2D eigenvalue weighted by atomic mass is 9.87. The maximum absolute atomic E-state index is 13.5. The van der Waals surface area contributed by atoms with E-state index in [1.54, 1.807) is 0 Å². The van der Waals surface area contributed by atoms with Gasteiger partial charge in [0.15, 0.2) is 17.5 Å². The lowest BCUT2D eigenvalue weighted by Gasteiger charge is -2.26. The molecule has 20 heavy (non-hydrogen) atoms. The van der Waals surface area contributed by atoms with Crippen molar-refractivity contribution < 1.29 is 23.1 Å². The van der Waals surface area contributed by atoms with Crippen molar-refractivity contribution in [3.05, 3.63) is 35.1 Å². The molecule has 1 aromatic carbocycles. The minimum atomic E-state index is -1.66. The molecule has 1 aromatic rings. The molecular weight excluding hydrogens is 271 g/mol. The van der Waals surface area contributed by atoms with E-state index in [-0.39, 0.29) is 18.6 Å². The summed E-state index contributed by atoms with van der Waals surface area (Å²) < 4.78 is 39.3. The highest BCUT2D eigenvalue weighted by atomic mass is 19.2. The fraction of sp³-hybridized carbons (Fsp3) is 0.500. The Balaban J connectivity index is 2.07. The zero-order chi connectivity index (χ0) is 14.8. The molecular formula is C14H16F3NO2. The minimum Gasteiger partial charge on any atom is -0.396 e. The topological polar surface area (TPSA) is 49.3 Å². The average Bonchev–Trinajstić information content (AvgIpc) is 2.92. The van der Waals surface area contributed by atoms with Crippen molar-refractivity contribution in [2.24, 2.45) is 5.41 Å². The Morgan fingerprint density at radius 1 is 1.20 bits per heavy atom. The quantitative estimate of drug-likeness (QED) is 0.835. The van der Waals surface area contributed by atoms with Crippen molar-refractivity contribution in [1.29, 1.82) is 0 Å². The Kier molecular flexibility index (Phi) is 4.32. The Hall–Kier alpha value is -1.56. The second-order valence-corrected chi connectivity index (χ2v) is 5.27. The molecule has 0 aromatic heterocycles. The summed E-state index contributed by atoms with van der Waals surface area (Å²) in [6, 6.07) is 1.62. The van der Waals surface area contributed by atoms with E-state index in [4.69, 9.17) is 0 Å². The van der Waals surface area contributed by atoms with Gasteiger partial charge in [-0.15, -0.1) is 0 Å². The van der Waals surface area contributed by atoms with E-state index in [1.165, 1.54) is 0 Å². The predicted molar refractivity (Wildman–Crippen MR) is 66.6 cm³/mol. The van der Waals surface area contributed by atoms with Crippen LogP contribution in [0.2, 0.25) is 0 Å². The van der Waals surface area contributed by atoms with Gasteiger partial charge in [0.25, 0.3) is 5.91 Å². The predicted octanol–water partition coefficient (Wildman–Crippen LogP) is 2.39. The first-order valence-electron chi connectivity index (χ1n) is 6.52. The van der Waals surface area contributed by atoms with Crippen molar-refractivity contribution in [2.45, 2.75) is 25.7 Å². The highest BCUT2D eigenvalue weighted by Crippen LogP contribution is 2.36. The van der Waals surface area contributed by atoms with Crippen LogP contribution in [-0.4, -0.2) is 24.2 Å². The molecule has 1 fully saturated rings. The first kappa shape index (κ1) is 14.8. The number of benzene rings is 1. The fourth-order valence-corrected chi connectivity index (χ4v) is 2.58. The number of amides is 1. The monoisotopic (exact) mass is 287 g/mol. The highest BCUT2D eigenvalue weighted by Gasteiger charge is 2.33. The molecule has 0 aliphatic heterocycles. The normalized spacial score (nSPS) is 17.2. The number of nitrogens with one attached hydrogen (secondary N) is 1. The summed E-state index contributed by atoms with van der Waals surface area (Å²) in [6.07, 6.45) is 3.50. The largest absolute Gasteiger partial charge is 0.396 e. The smallest absolute Gasteiger partial charge is 0.254 e. The molecule has 0 radical (unpaired) electrons. The fourth-order valence-electron chi connectivity index (χ4n) is 2.58. The number of carbonyl (C=O) groups is 1. The van der Waals surface area contributed by atoms with Crippen LogP contribution < -0.4 is 5.32 Å². The summed E-state index contributed by atoms with van der Waals surface area (Å²) in [4.78, 5) is 11.8. The third-order valence-electron chi connectivity index (χ3n) is 3.90. The van der Waals surface area contributed by atoms with Crippen LogP contribution >= 0.6 is 0 Å². The minimum absolute atomic E-state index is 0.0620. The molecule has 2 rings (SSSR count). The molecule has 1 saturated carbocycles. The third kappa shape index (κ3) is 2.80. The first-order chi connectivity index (χ1) is 9.49. The number of hydrogen-bond donors (Lipinski definition) is 2. The lowest BCUT2D eigenvalue weighted by molar-refractivity contribution is 0.0875. The van der Waals surface area contributed by atoms with Crippen LogP contribution in [0.15, 0.2) is 12.1 Å². The number of aliphatic hydroxyl groups excluding tert-OH is 1. The zero-order valence-corrected chi connectivity index (χ0v) is 10.9. The van der Waals surface area contributed by atoms with Gasteiger partial charge in [-0.1, -0.05) is 12.8 Å². The SMILES string of the molecule is O=C(NCC1(CO)CCCC1)c1ccc(F)c(F)c1F. The maximum Gasteiger partial charge on any atom is 0.254 e. The van der Waals surface area contributed by atoms with E-state index in [1.807, 2.05) is 0 Å². The number of rotatable bonds is 4. The number of carbonyl (C=O) groups excluding carboxylic acids is 1. The van der Waals surface area contributed by atoms with Crippen molar-refractivity contribution in [1.82, 2.24) is 5.32 Å². The van der Waals surface area contributed by atoms with Gasteiger partial charge in [0.2, 0.25) is 0 Å². The number of halogens is 3. The van der Waals surface area contributed by atoms with Crippen molar-refractivity contribution >= 4 is 5.91 Å². The van der Waals surface area contributed by atoms with E-state index in [0.29, 0.717) is 6.07 Å². The van der Waals surface area contributed by atoms with E-state index >= 15 is 0 Å². The molecule has 3 nitrogen and oxygen atoms in total. The van der Waals surface area contributed by atoms with Gasteiger partial charge in [-0.3, -0.25) is 4.79 Å². The van der Waals surface area contributed by atoms with E-state index in [2.05, 4.69) is 5.32 Å². The number of aliphatic hydroxyl groups is 1. The van der Waals surface area contributed by atoms with Gasteiger partial charge in [0, 0.05) is 12.0 Å². The van der Waals surface area contributed by atoms with Crippen molar-refractivity contribution in [3.63, 3.8) is 0 Å². The van der Waals surface area contributed by atoms with Crippen LogP contribution in [-0.2, 0) is 0 Å². The summed E-state index contributed by atoms with van der Waals surface area (Å²) in [5.74, 6) is -5.29. The highest BCUT2D eigenvalue weighted by molar-refractivity contribution is 5.94. The Morgan fingerprint density at radius 2 is 1.85 bits per heavy atom. The molecule has 6 heteroatoms. The molecule has 110 valence electrons. The molecule has 0 heterocycles. The molecule has 1 aliphatic rings. The van der Waals surface area contributed by atoms with Crippen LogP contribution in [0.5, 0.6) is 0 Å². The first-order valence-corrected chi connectivity index (χ1v) is 6.52. The maximum atomic E-state index is 13.5. The summed E-state index contributed by atoms with van der Waals surface area (Å²) in [6.45, 7) is 0.133.